The Balaban J connectivity index is 3.18. The van der Waals surface area contributed by atoms with Crippen LogP contribution in [-0.4, -0.2) is 27.4 Å². The van der Waals surface area contributed by atoms with Gasteiger partial charge < -0.3 is 15.3 Å². The van der Waals surface area contributed by atoms with Crippen molar-refractivity contribution in [3.63, 3.8) is 0 Å². The summed E-state index contributed by atoms with van der Waals surface area (Å²) in [6.45, 7) is 0. The fourth-order valence-corrected chi connectivity index (χ4v) is 1.26. The molecule has 0 bridgehead atoms. The number of benzene rings is 1. The first-order valence-corrected chi connectivity index (χ1v) is 4.59. The molecular weight excluding hydrogens is 260 g/mol. The molecular formula is C10H8F4O4. The Kier molecular flexibility index (Phi) is 3.92. The summed E-state index contributed by atoms with van der Waals surface area (Å²) in [6, 6.07) is 1.09. The molecule has 2 atom stereocenters. The molecule has 1 aromatic rings. The van der Waals surface area contributed by atoms with E-state index in [1.807, 2.05) is 0 Å². The van der Waals surface area contributed by atoms with Crippen LogP contribution in [0.1, 0.15) is 17.2 Å². The van der Waals surface area contributed by atoms with Crippen LogP contribution >= 0.6 is 0 Å². The lowest BCUT2D eigenvalue weighted by Crippen LogP contribution is -2.27. The number of hydrogen-bond acceptors (Lipinski definition) is 3. The summed E-state index contributed by atoms with van der Waals surface area (Å²) in [6.07, 6.45) is -9.34. The molecule has 18 heavy (non-hydrogen) atoms. The second-order valence-corrected chi connectivity index (χ2v) is 3.50. The van der Waals surface area contributed by atoms with E-state index < -0.39 is 41.3 Å². The first kappa shape index (κ1) is 14.4. The van der Waals surface area contributed by atoms with Crippen LogP contribution < -0.4 is 0 Å². The van der Waals surface area contributed by atoms with Crippen LogP contribution in [0.2, 0.25) is 0 Å². The van der Waals surface area contributed by atoms with Crippen LogP contribution in [0.4, 0.5) is 17.6 Å². The Morgan fingerprint density at radius 3 is 2.17 bits per heavy atom. The maximum Gasteiger partial charge on any atom is 0.416 e. The molecule has 0 fully saturated rings. The molecule has 0 saturated carbocycles. The number of carbonyl (C=O) groups is 1. The lowest BCUT2D eigenvalue weighted by atomic mass is 10.0. The van der Waals surface area contributed by atoms with Gasteiger partial charge >= 0.3 is 12.1 Å². The highest BCUT2D eigenvalue weighted by Crippen LogP contribution is 2.32. The van der Waals surface area contributed by atoms with Crippen molar-refractivity contribution >= 4 is 5.97 Å². The smallest absolute Gasteiger partial charge is 0.416 e. The van der Waals surface area contributed by atoms with Crippen LogP contribution in [0.5, 0.6) is 0 Å². The molecule has 0 saturated heterocycles. The van der Waals surface area contributed by atoms with Crippen molar-refractivity contribution in [3.05, 3.63) is 35.1 Å². The minimum absolute atomic E-state index is 0.198. The van der Waals surface area contributed by atoms with E-state index in [1.54, 1.807) is 0 Å². The van der Waals surface area contributed by atoms with E-state index >= 15 is 0 Å². The fourth-order valence-electron chi connectivity index (χ4n) is 1.26. The molecule has 1 aromatic carbocycles. The Labute approximate surface area is 98.1 Å². The summed E-state index contributed by atoms with van der Waals surface area (Å²) in [7, 11) is 0. The molecule has 2 unspecified atom stereocenters. The quantitative estimate of drug-likeness (QED) is 0.722. The zero-order valence-electron chi connectivity index (χ0n) is 8.65. The summed E-state index contributed by atoms with van der Waals surface area (Å²) in [5, 5.41) is 26.7. The van der Waals surface area contributed by atoms with Gasteiger partial charge in [-0.1, -0.05) is 0 Å². The average Bonchev–Trinajstić information content (AvgIpc) is 2.24. The van der Waals surface area contributed by atoms with E-state index in [0.717, 1.165) is 0 Å². The maximum absolute atomic E-state index is 12.9. The van der Waals surface area contributed by atoms with Gasteiger partial charge in [-0.05, 0) is 23.8 Å². The molecule has 3 N–H and O–H groups in total. The van der Waals surface area contributed by atoms with Gasteiger partial charge in [0.1, 0.15) is 11.9 Å². The molecule has 0 aliphatic heterocycles. The van der Waals surface area contributed by atoms with Gasteiger partial charge in [0.2, 0.25) is 0 Å². The van der Waals surface area contributed by atoms with Crippen LogP contribution in [0, 0.1) is 5.82 Å². The number of aliphatic hydroxyl groups excluding tert-OH is 2. The second kappa shape index (κ2) is 4.91. The van der Waals surface area contributed by atoms with Crippen molar-refractivity contribution < 1.29 is 37.7 Å². The van der Waals surface area contributed by atoms with Gasteiger partial charge in [0.25, 0.3) is 0 Å². The van der Waals surface area contributed by atoms with E-state index in [2.05, 4.69) is 0 Å². The van der Waals surface area contributed by atoms with Crippen LogP contribution in [0.3, 0.4) is 0 Å². The maximum atomic E-state index is 12.9. The fraction of sp³-hybridized carbons (Fsp3) is 0.300. The van der Waals surface area contributed by atoms with Gasteiger partial charge in [-0.3, -0.25) is 0 Å². The highest BCUT2D eigenvalue weighted by atomic mass is 19.4. The van der Waals surface area contributed by atoms with E-state index in [9.17, 15) is 27.5 Å². The van der Waals surface area contributed by atoms with Gasteiger partial charge in [0, 0.05) is 0 Å². The summed E-state index contributed by atoms with van der Waals surface area (Å²) < 4.78 is 50.0. The SMILES string of the molecule is O=C(O)C(O)C(O)c1cc(F)cc(C(F)(F)F)c1. The highest BCUT2D eigenvalue weighted by Gasteiger charge is 2.33. The number of aliphatic carboxylic acids is 1. The van der Waals surface area contributed by atoms with Crippen molar-refractivity contribution in [3.8, 4) is 0 Å². The number of rotatable bonds is 3. The number of hydrogen-bond donors (Lipinski definition) is 3. The number of alkyl halides is 3. The summed E-state index contributed by atoms with van der Waals surface area (Å²) in [5.74, 6) is -3.13. The topological polar surface area (TPSA) is 77.8 Å². The van der Waals surface area contributed by atoms with E-state index in [4.69, 9.17) is 10.2 Å². The largest absolute Gasteiger partial charge is 0.479 e. The Morgan fingerprint density at radius 1 is 1.17 bits per heavy atom. The van der Waals surface area contributed by atoms with E-state index in [1.165, 1.54) is 0 Å². The molecule has 0 spiro atoms. The van der Waals surface area contributed by atoms with Crippen molar-refractivity contribution in [1.82, 2.24) is 0 Å². The molecule has 1 rings (SSSR count). The van der Waals surface area contributed by atoms with Gasteiger partial charge in [-0.2, -0.15) is 13.2 Å². The van der Waals surface area contributed by atoms with Gasteiger partial charge in [-0.15, -0.1) is 0 Å². The number of carboxylic acid groups (broad SMARTS) is 1. The molecule has 8 heteroatoms. The van der Waals surface area contributed by atoms with Crippen molar-refractivity contribution in [2.75, 3.05) is 0 Å². The van der Waals surface area contributed by atoms with Crippen molar-refractivity contribution in [2.45, 2.75) is 18.4 Å². The number of aliphatic hydroxyl groups is 2. The molecule has 0 amide bonds. The third-order valence-electron chi connectivity index (χ3n) is 2.14. The average molecular weight is 268 g/mol. The monoisotopic (exact) mass is 268 g/mol. The van der Waals surface area contributed by atoms with Crippen molar-refractivity contribution in [2.24, 2.45) is 0 Å². The zero-order chi connectivity index (χ0) is 14.1. The highest BCUT2D eigenvalue weighted by molar-refractivity contribution is 5.73. The lowest BCUT2D eigenvalue weighted by molar-refractivity contribution is -0.153. The molecule has 0 aliphatic carbocycles. The predicted molar refractivity (Wildman–Crippen MR) is 50.0 cm³/mol. The van der Waals surface area contributed by atoms with E-state index in [-0.39, 0.29) is 6.07 Å². The lowest BCUT2D eigenvalue weighted by Gasteiger charge is -2.16. The third kappa shape index (κ3) is 3.17. The molecule has 0 radical (unpaired) electrons. The third-order valence-corrected chi connectivity index (χ3v) is 2.14. The second-order valence-electron chi connectivity index (χ2n) is 3.50. The summed E-state index contributed by atoms with van der Waals surface area (Å²) in [4.78, 5) is 10.4. The first-order valence-electron chi connectivity index (χ1n) is 4.59. The standard InChI is InChI=1S/C10H8F4O4/c11-6-2-4(7(15)8(16)9(17)18)1-5(3-6)10(12,13)14/h1-3,7-8,15-16H,(H,17,18). The van der Waals surface area contributed by atoms with Crippen LogP contribution in [0.25, 0.3) is 0 Å². The summed E-state index contributed by atoms with van der Waals surface area (Å²) >= 11 is 0. The van der Waals surface area contributed by atoms with Crippen LogP contribution in [-0.2, 0) is 11.0 Å². The minimum atomic E-state index is -4.84. The predicted octanol–water partition coefficient (Wildman–Crippen LogP) is 1.32. The van der Waals surface area contributed by atoms with Crippen molar-refractivity contribution in [1.29, 1.82) is 0 Å². The van der Waals surface area contributed by atoms with E-state index in [0.29, 0.717) is 12.1 Å². The number of carboxylic acids is 1. The Morgan fingerprint density at radius 2 is 1.72 bits per heavy atom. The van der Waals surface area contributed by atoms with Gasteiger partial charge in [0.05, 0.1) is 5.56 Å². The van der Waals surface area contributed by atoms with Crippen LogP contribution in [0.15, 0.2) is 18.2 Å². The Bertz CT molecular complexity index is 458. The van der Waals surface area contributed by atoms with Gasteiger partial charge in [-0.25, -0.2) is 9.18 Å². The zero-order valence-corrected chi connectivity index (χ0v) is 8.65. The summed E-state index contributed by atoms with van der Waals surface area (Å²) in [5.41, 5.74) is -2.05. The van der Waals surface area contributed by atoms with Gasteiger partial charge in [0.15, 0.2) is 6.10 Å². The molecule has 0 aromatic heterocycles. The normalized spacial score (nSPS) is 15.2. The Hall–Kier alpha value is -1.67. The molecule has 0 aliphatic rings. The molecule has 100 valence electrons. The first-order chi connectivity index (χ1) is 8.12. The molecule has 0 heterocycles. The minimum Gasteiger partial charge on any atom is -0.479 e. The molecule has 4 nitrogen and oxygen atoms in total. The number of halogens is 4.